The van der Waals surface area contributed by atoms with Gasteiger partial charge in [0.25, 0.3) is 0 Å². The summed E-state index contributed by atoms with van der Waals surface area (Å²) in [7, 11) is 0. The molecule has 0 amide bonds. The van der Waals surface area contributed by atoms with E-state index in [2.05, 4.69) is 22.5 Å². The van der Waals surface area contributed by atoms with Gasteiger partial charge in [-0.3, -0.25) is 9.79 Å². The lowest BCUT2D eigenvalue weighted by atomic mass is 10.2. The Kier molecular flexibility index (Phi) is 14.0. The van der Waals surface area contributed by atoms with Gasteiger partial charge in [0, 0.05) is 51.7 Å². The molecule has 1 aliphatic heterocycles. The zero-order chi connectivity index (χ0) is 19.2. The highest BCUT2D eigenvalue weighted by Crippen LogP contribution is 2.11. The number of hydrogen-bond acceptors (Lipinski definition) is 4. The number of halogens is 1. The summed E-state index contributed by atoms with van der Waals surface area (Å²) in [4.78, 5) is 16.2. The minimum atomic E-state index is 0. The Balaban J connectivity index is 0.00000392. The summed E-state index contributed by atoms with van der Waals surface area (Å²) in [6.07, 6.45) is 7.23. The molecule has 2 N–H and O–H groups in total. The summed E-state index contributed by atoms with van der Waals surface area (Å²) in [6, 6.07) is 5.26. The van der Waals surface area contributed by atoms with E-state index in [1.54, 1.807) is 16.7 Å². The van der Waals surface area contributed by atoms with E-state index in [4.69, 9.17) is 9.47 Å². The van der Waals surface area contributed by atoms with Crippen molar-refractivity contribution < 1.29 is 9.47 Å². The molecular weight excluding hydrogens is 471 g/mol. The maximum absolute atomic E-state index is 11.6. The number of aliphatic imine (C=N–C) groups is 1. The summed E-state index contributed by atoms with van der Waals surface area (Å²) in [5.41, 5.74) is 0.0575. The van der Waals surface area contributed by atoms with Gasteiger partial charge in [-0.25, -0.2) is 0 Å². The van der Waals surface area contributed by atoms with Crippen LogP contribution in [0.3, 0.4) is 0 Å². The van der Waals surface area contributed by atoms with Crippen LogP contribution in [-0.4, -0.2) is 56.1 Å². The molecule has 1 aromatic rings. The van der Waals surface area contributed by atoms with Crippen LogP contribution >= 0.6 is 24.0 Å². The number of guanidine groups is 1. The molecule has 7 nitrogen and oxygen atoms in total. The lowest BCUT2D eigenvalue weighted by molar-refractivity contribution is 0.0171. The van der Waals surface area contributed by atoms with Gasteiger partial charge >= 0.3 is 0 Å². The molecule has 0 aromatic carbocycles. The maximum Gasteiger partial charge on any atom is 0.250 e. The van der Waals surface area contributed by atoms with Crippen molar-refractivity contribution in [2.45, 2.75) is 51.7 Å². The first kappa shape index (κ1) is 24.9. The molecular formula is C20H35IN4O3. The standard InChI is InChI=1S/C20H34N4O3.HI/c1-2-21-20(23-12-8-15-26-17-18-9-7-16-27-18)22-11-4-6-14-24-13-5-3-10-19(24)25;/h3,5,10,13,18H,2,4,6-9,11-12,14-17H2,1H3,(H2,21,22,23);1H. The molecule has 0 spiro atoms. The van der Waals surface area contributed by atoms with E-state index in [-0.39, 0.29) is 29.5 Å². The van der Waals surface area contributed by atoms with Crippen molar-refractivity contribution >= 4 is 29.9 Å². The van der Waals surface area contributed by atoms with Crippen LogP contribution in [0.2, 0.25) is 0 Å². The Labute approximate surface area is 185 Å². The number of pyridine rings is 1. The smallest absolute Gasteiger partial charge is 0.250 e. The third-order valence-corrected chi connectivity index (χ3v) is 4.41. The summed E-state index contributed by atoms with van der Waals surface area (Å²) in [5.74, 6) is 0.841. The Morgan fingerprint density at radius 3 is 2.96 bits per heavy atom. The number of unbranched alkanes of at least 4 members (excludes halogenated alkanes) is 1. The lowest BCUT2D eigenvalue weighted by Crippen LogP contribution is -2.38. The third-order valence-electron chi connectivity index (χ3n) is 4.41. The topological polar surface area (TPSA) is 76.9 Å². The number of nitrogens with one attached hydrogen (secondary N) is 2. The summed E-state index contributed by atoms with van der Waals surface area (Å²) < 4.78 is 12.9. The van der Waals surface area contributed by atoms with Crippen LogP contribution in [-0.2, 0) is 16.0 Å². The van der Waals surface area contributed by atoms with Gasteiger partial charge in [-0.05, 0) is 45.1 Å². The van der Waals surface area contributed by atoms with Gasteiger partial charge in [0.2, 0.25) is 5.56 Å². The Morgan fingerprint density at radius 2 is 2.21 bits per heavy atom. The van der Waals surface area contributed by atoms with Crippen molar-refractivity contribution in [2.24, 2.45) is 4.99 Å². The van der Waals surface area contributed by atoms with Crippen LogP contribution in [0.5, 0.6) is 0 Å². The van der Waals surface area contributed by atoms with Crippen molar-refractivity contribution in [1.29, 1.82) is 0 Å². The predicted octanol–water partition coefficient (Wildman–Crippen LogP) is 2.39. The summed E-state index contributed by atoms with van der Waals surface area (Å²) in [5, 5.41) is 6.61. The van der Waals surface area contributed by atoms with Crippen molar-refractivity contribution in [3.63, 3.8) is 0 Å². The number of rotatable bonds is 12. The fourth-order valence-corrected chi connectivity index (χ4v) is 2.95. The van der Waals surface area contributed by atoms with E-state index in [1.807, 2.05) is 12.3 Å². The second-order valence-corrected chi connectivity index (χ2v) is 6.69. The monoisotopic (exact) mass is 506 g/mol. The highest BCUT2D eigenvalue weighted by molar-refractivity contribution is 14.0. The van der Waals surface area contributed by atoms with Gasteiger partial charge in [0.1, 0.15) is 0 Å². The molecule has 2 rings (SSSR count). The molecule has 8 heteroatoms. The van der Waals surface area contributed by atoms with Gasteiger partial charge in [-0.2, -0.15) is 0 Å². The molecule has 1 unspecified atom stereocenters. The molecule has 1 aromatic heterocycles. The highest BCUT2D eigenvalue weighted by atomic mass is 127. The molecule has 1 saturated heterocycles. The van der Waals surface area contributed by atoms with Crippen molar-refractivity contribution in [3.8, 4) is 0 Å². The van der Waals surface area contributed by atoms with Gasteiger partial charge in [-0.1, -0.05) is 6.07 Å². The van der Waals surface area contributed by atoms with Crippen LogP contribution in [0.25, 0.3) is 0 Å². The first-order valence-corrected chi connectivity index (χ1v) is 10.2. The quantitative estimate of drug-likeness (QED) is 0.197. The average molecular weight is 506 g/mol. The fraction of sp³-hybridized carbons (Fsp3) is 0.700. The first-order chi connectivity index (χ1) is 13.3. The molecule has 1 aliphatic rings. The number of hydrogen-bond donors (Lipinski definition) is 2. The van der Waals surface area contributed by atoms with E-state index in [0.29, 0.717) is 19.3 Å². The third kappa shape index (κ3) is 10.4. The molecule has 0 aliphatic carbocycles. The van der Waals surface area contributed by atoms with Gasteiger partial charge in [0.15, 0.2) is 5.96 Å². The van der Waals surface area contributed by atoms with E-state index in [9.17, 15) is 4.79 Å². The van der Waals surface area contributed by atoms with E-state index >= 15 is 0 Å². The molecule has 2 heterocycles. The fourth-order valence-electron chi connectivity index (χ4n) is 2.95. The van der Waals surface area contributed by atoms with Crippen LogP contribution < -0.4 is 16.2 Å². The van der Waals surface area contributed by atoms with Crippen LogP contribution in [0.4, 0.5) is 0 Å². The number of aromatic nitrogens is 1. The second-order valence-electron chi connectivity index (χ2n) is 6.69. The Hall–Kier alpha value is -1.13. The summed E-state index contributed by atoms with van der Waals surface area (Å²) >= 11 is 0. The molecule has 0 radical (unpaired) electrons. The Bertz CT molecular complexity index is 603. The van der Waals surface area contributed by atoms with Crippen molar-refractivity contribution in [2.75, 3.05) is 39.5 Å². The van der Waals surface area contributed by atoms with Crippen LogP contribution in [0.1, 0.15) is 39.0 Å². The number of nitrogens with zero attached hydrogens (tertiary/aromatic N) is 2. The van der Waals surface area contributed by atoms with Gasteiger partial charge in [-0.15, -0.1) is 24.0 Å². The van der Waals surface area contributed by atoms with E-state index in [1.165, 1.54) is 0 Å². The molecule has 28 heavy (non-hydrogen) atoms. The highest BCUT2D eigenvalue weighted by Gasteiger charge is 2.14. The van der Waals surface area contributed by atoms with Gasteiger partial charge in [0.05, 0.1) is 12.7 Å². The van der Waals surface area contributed by atoms with Gasteiger partial charge < -0.3 is 24.7 Å². The summed E-state index contributed by atoms with van der Waals surface area (Å²) in [6.45, 7) is 7.50. The van der Waals surface area contributed by atoms with Crippen LogP contribution in [0, 0.1) is 0 Å². The van der Waals surface area contributed by atoms with E-state index < -0.39 is 0 Å². The SMILES string of the molecule is CCNC(=NCCCOCC1CCCO1)NCCCCn1ccccc1=O.I. The Morgan fingerprint density at radius 1 is 1.32 bits per heavy atom. The second kappa shape index (κ2) is 15.8. The predicted molar refractivity (Wildman–Crippen MR) is 124 cm³/mol. The minimum Gasteiger partial charge on any atom is -0.379 e. The number of ether oxygens (including phenoxy) is 2. The maximum atomic E-state index is 11.6. The average Bonchev–Trinajstić information content (AvgIpc) is 3.19. The number of aryl methyl sites for hydroxylation is 1. The molecule has 0 bridgehead atoms. The molecule has 1 atom stereocenters. The largest absolute Gasteiger partial charge is 0.379 e. The molecule has 1 fully saturated rings. The first-order valence-electron chi connectivity index (χ1n) is 10.2. The minimum absolute atomic E-state index is 0. The molecule has 160 valence electrons. The zero-order valence-corrected chi connectivity index (χ0v) is 19.2. The lowest BCUT2D eigenvalue weighted by Gasteiger charge is -2.12. The van der Waals surface area contributed by atoms with E-state index in [0.717, 1.165) is 70.8 Å². The molecule has 0 saturated carbocycles. The van der Waals surface area contributed by atoms with Crippen LogP contribution in [0.15, 0.2) is 34.2 Å². The van der Waals surface area contributed by atoms with Crippen molar-refractivity contribution in [1.82, 2.24) is 15.2 Å². The zero-order valence-electron chi connectivity index (χ0n) is 16.9. The van der Waals surface area contributed by atoms with Crippen molar-refractivity contribution in [3.05, 3.63) is 34.7 Å². The normalized spacial score (nSPS) is 16.6.